The van der Waals surface area contributed by atoms with Crippen molar-refractivity contribution in [2.75, 3.05) is 19.6 Å². The van der Waals surface area contributed by atoms with Crippen LogP contribution < -0.4 is 10.6 Å². The molecule has 0 radical (unpaired) electrons. The molecule has 4 aliphatic carbocycles. The summed E-state index contributed by atoms with van der Waals surface area (Å²) in [4.78, 5) is 33.0. The van der Waals surface area contributed by atoms with Gasteiger partial charge in [0.05, 0.1) is 12.1 Å². The number of nitrogens with one attached hydrogen (secondary N) is 2. The van der Waals surface area contributed by atoms with Crippen molar-refractivity contribution >= 4 is 17.5 Å². The van der Waals surface area contributed by atoms with E-state index in [0.29, 0.717) is 23.2 Å². The van der Waals surface area contributed by atoms with E-state index in [9.17, 15) is 9.59 Å². The number of imidazole rings is 1. The molecule has 1 atom stereocenters. The third-order valence-electron chi connectivity index (χ3n) is 9.24. The molecule has 0 unspecified atom stereocenters. The van der Waals surface area contributed by atoms with Gasteiger partial charge in [-0.3, -0.25) is 14.0 Å². The second-order valence-corrected chi connectivity index (χ2v) is 12.6. The van der Waals surface area contributed by atoms with Gasteiger partial charge in [0.15, 0.2) is 0 Å². The lowest BCUT2D eigenvalue weighted by molar-refractivity contribution is -0.131. The SMILES string of the molecule is CC(C)N[C@@H]1CCCN(C(=O)Cc2cn3c(C(=O)NCC45CC6CC(CC(C6)C4)C5)cccc3n2)C1. The minimum absolute atomic E-state index is 0.0368. The number of hydrogen-bond donors (Lipinski definition) is 2. The van der Waals surface area contributed by atoms with Crippen LogP contribution in [0.3, 0.4) is 0 Å². The van der Waals surface area contributed by atoms with Crippen molar-refractivity contribution in [3.63, 3.8) is 0 Å². The van der Waals surface area contributed by atoms with E-state index in [0.717, 1.165) is 61.6 Å². The van der Waals surface area contributed by atoms with Gasteiger partial charge in [0.2, 0.25) is 5.91 Å². The molecule has 36 heavy (non-hydrogen) atoms. The van der Waals surface area contributed by atoms with Crippen LogP contribution >= 0.6 is 0 Å². The lowest BCUT2D eigenvalue weighted by atomic mass is 9.49. The van der Waals surface area contributed by atoms with Crippen LogP contribution in [0.15, 0.2) is 24.4 Å². The molecule has 1 aliphatic heterocycles. The maximum Gasteiger partial charge on any atom is 0.268 e. The van der Waals surface area contributed by atoms with Crippen molar-refractivity contribution in [1.29, 1.82) is 0 Å². The van der Waals surface area contributed by atoms with Crippen molar-refractivity contribution in [2.24, 2.45) is 23.2 Å². The molecule has 7 heteroatoms. The van der Waals surface area contributed by atoms with E-state index in [1.165, 1.54) is 38.5 Å². The molecule has 2 aromatic heterocycles. The van der Waals surface area contributed by atoms with E-state index in [-0.39, 0.29) is 18.2 Å². The summed E-state index contributed by atoms with van der Waals surface area (Å²) in [7, 11) is 0. The minimum atomic E-state index is -0.0368. The number of amides is 2. The number of carbonyl (C=O) groups excluding carboxylic acids is 2. The molecular formula is C29H41N5O2. The summed E-state index contributed by atoms with van der Waals surface area (Å²) >= 11 is 0. The molecule has 2 N–H and O–H groups in total. The van der Waals surface area contributed by atoms with Crippen molar-refractivity contribution < 1.29 is 9.59 Å². The first kappa shape index (κ1) is 24.0. The fourth-order valence-corrected chi connectivity index (χ4v) is 8.27. The number of fused-ring (bicyclic) bond motifs is 1. The van der Waals surface area contributed by atoms with Crippen molar-refractivity contribution in [3.8, 4) is 0 Å². The number of nitrogens with zero attached hydrogens (tertiary/aromatic N) is 3. The van der Waals surface area contributed by atoms with Gasteiger partial charge < -0.3 is 15.5 Å². The Balaban J connectivity index is 1.12. The summed E-state index contributed by atoms with van der Waals surface area (Å²) in [6.07, 6.45) is 12.4. The Bertz CT molecular complexity index is 1100. The van der Waals surface area contributed by atoms with Gasteiger partial charge >= 0.3 is 0 Å². The number of rotatable bonds is 7. The largest absolute Gasteiger partial charge is 0.350 e. The smallest absolute Gasteiger partial charge is 0.268 e. The predicted molar refractivity (Wildman–Crippen MR) is 140 cm³/mol. The van der Waals surface area contributed by atoms with Gasteiger partial charge in [-0.15, -0.1) is 0 Å². The first-order valence-corrected chi connectivity index (χ1v) is 14.1. The fraction of sp³-hybridized carbons (Fsp3) is 0.690. The summed E-state index contributed by atoms with van der Waals surface area (Å²) < 4.78 is 1.86. The Morgan fingerprint density at radius 2 is 1.83 bits per heavy atom. The zero-order valence-electron chi connectivity index (χ0n) is 21.8. The van der Waals surface area contributed by atoms with E-state index < -0.39 is 0 Å². The number of pyridine rings is 1. The maximum absolute atomic E-state index is 13.3. The molecule has 194 valence electrons. The number of aromatic nitrogens is 2. The molecule has 4 bridgehead atoms. The van der Waals surface area contributed by atoms with Gasteiger partial charge in [0, 0.05) is 37.9 Å². The Hall–Kier alpha value is -2.41. The van der Waals surface area contributed by atoms with E-state index in [1.54, 1.807) is 0 Å². The Kier molecular flexibility index (Phi) is 6.30. The average Bonchev–Trinajstić information content (AvgIpc) is 3.24. The molecule has 5 fully saturated rings. The van der Waals surface area contributed by atoms with E-state index in [4.69, 9.17) is 4.98 Å². The third kappa shape index (κ3) is 4.79. The van der Waals surface area contributed by atoms with Gasteiger partial charge in [-0.05, 0) is 86.7 Å². The summed E-state index contributed by atoms with van der Waals surface area (Å²) in [6, 6.07) is 6.43. The summed E-state index contributed by atoms with van der Waals surface area (Å²) in [5.41, 5.74) is 2.35. The van der Waals surface area contributed by atoms with Gasteiger partial charge in [0.25, 0.3) is 5.91 Å². The predicted octanol–water partition coefficient (Wildman–Crippen LogP) is 3.81. The molecule has 7 nitrogen and oxygen atoms in total. The highest BCUT2D eigenvalue weighted by atomic mass is 16.2. The lowest BCUT2D eigenvalue weighted by Crippen LogP contribution is -2.51. The maximum atomic E-state index is 13.3. The molecule has 7 rings (SSSR count). The second kappa shape index (κ2) is 9.47. The van der Waals surface area contributed by atoms with Crippen LogP contribution in [0.25, 0.3) is 5.65 Å². The van der Waals surface area contributed by atoms with Crippen molar-refractivity contribution in [1.82, 2.24) is 24.9 Å². The molecule has 2 amide bonds. The summed E-state index contributed by atoms with van der Waals surface area (Å²) in [6.45, 7) is 6.64. The van der Waals surface area contributed by atoms with Crippen LogP contribution in [0, 0.1) is 23.2 Å². The average molecular weight is 492 g/mol. The molecule has 4 saturated carbocycles. The van der Waals surface area contributed by atoms with Crippen LogP contribution in [-0.4, -0.2) is 57.8 Å². The molecule has 0 spiro atoms. The highest BCUT2D eigenvalue weighted by Crippen LogP contribution is 2.59. The minimum Gasteiger partial charge on any atom is -0.350 e. The Labute approximate surface area is 214 Å². The number of piperidine rings is 1. The highest BCUT2D eigenvalue weighted by Gasteiger charge is 2.50. The Morgan fingerprint density at radius 3 is 2.53 bits per heavy atom. The molecule has 1 saturated heterocycles. The summed E-state index contributed by atoms with van der Waals surface area (Å²) in [5.74, 6) is 2.71. The van der Waals surface area contributed by atoms with Gasteiger partial charge in [-0.25, -0.2) is 4.98 Å². The monoisotopic (exact) mass is 491 g/mol. The van der Waals surface area contributed by atoms with Gasteiger partial charge in [-0.1, -0.05) is 19.9 Å². The molecule has 0 aromatic carbocycles. The van der Waals surface area contributed by atoms with E-state index in [1.807, 2.05) is 33.7 Å². The first-order chi connectivity index (χ1) is 17.4. The zero-order valence-corrected chi connectivity index (χ0v) is 21.8. The number of hydrogen-bond acceptors (Lipinski definition) is 4. The molecule has 3 heterocycles. The van der Waals surface area contributed by atoms with Crippen LogP contribution in [0.1, 0.15) is 81.4 Å². The number of carbonyl (C=O) groups is 2. The Morgan fingerprint density at radius 1 is 1.11 bits per heavy atom. The molecular weight excluding hydrogens is 450 g/mol. The normalized spacial score (nSPS) is 31.4. The standard InChI is InChI=1S/C29H41N5O2/c1-19(2)31-23-5-4-8-33(16-23)27(35)12-24-17-34-25(6-3-7-26(34)32-24)28(36)30-18-29-13-20-9-21(14-29)11-22(10-20)15-29/h3,6-7,17,19-23,31H,4-5,8-16,18H2,1-2H3,(H,30,36)/t20?,21?,22?,23-,29?/m1/s1. The van der Waals surface area contributed by atoms with E-state index >= 15 is 0 Å². The fourth-order valence-electron chi connectivity index (χ4n) is 8.27. The van der Waals surface area contributed by atoms with Crippen molar-refractivity contribution in [2.45, 2.75) is 83.7 Å². The van der Waals surface area contributed by atoms with Crippen LogP contribution in [0.2, 0.25) is 0 Å². The van der Waals surface area contributed by atoms with Crippen molar-refractivity contribution in [3.05, 3.63) is 35.8 Å². The van der Waals surface area contributed by atoms with E-state index in [2.05, 4.69) is 24.5 Å². The first-order valence-electron chi connectivity index (χ1n) is 14.1. The van der Waals surface area contributed by atoms with Gasteiger partial charge in [0.1, 0.15) is 11.3 Å². The quantitative estimate of drug-likeness (QED) is 0.617. The van der Waals surface area contributed by atoms with Crippen LogP contribution in [-0.2, 0) is 11.2 Å². The highest BCUT2D eigenvalue weighted by molar-refractivity contribution is 5.93. The third-order valence-corrected chi connectivity index (χ3v) is 9.24. The van der Waals surface area contributed by atoms with Crippen LogP contribution in [0.4, 0.5) is 0 Å². The zero-order chi connectivity index (χ0) is 24.9. The molecule has 2 aromatic rings. The second-order valence-electron chi connectivity index (χ2n) is 12.6. The summed E-state index contributed by atoms with van der Waals surface area (Å²) in [5, 5.41) is 6.87. The topological polar surface area (TPSA) is 78.7 Å². The molecule has 5 aliphatic rings. The van der Waals surface area contributed by atoms with Gasteiger partial charge in [-0.2, -0.15) is 0 Å². The van der Waals surface area contributed by atoms with Crippen LogP contribution in [0.5, 0.6) is 0 Å². The lowest BCUT2D eigenvalue weighted by Gasteiger charge is -2.56. The number of likely N-dealkylation sites (tertiary alicyclic amines) is 1.